The van der Waals surface area contributed by atoms with Crippen LogP contribution < -0.4 is 5.73 Å². The highest BCUT2D eigenvalue weighted by Gasteiger charge is 2.08. The van der Waals surface area contributed by atoms with E-state index in [2.05, 4.69) is 0 Å². The lowest BCUT2D eigenvalue weighted by Gasteiger charge is -2.03. The molecular weight excluding hydrogens is 204 g/mol. The van der Waals surface area contributed by atoms with Crippen molar-refractivity contribution in [1.82, 2.24) is 0 Å². The van der Waals surface area contributed by atoms with Crippen molar-refractivity contribution in [2.24, 2.45) is 5.73 Å². The highest BCUT2D eigenvalue weighted by molar-refractivity contribution is 6.39. The van der Waals surface area contributed by atoms with Crippen molar-refractivity contribution in [3.63, 3.8) is 0 Å². The van der Waals surface area contributed by atoms with Crippen LogP contribution in [0.5, 0.6) is 0 Å². The molecule has 16 heavy (non-hydrogen) atoms. The van der Waals surface area contributed by atoms with Crippen molar-refractivity contribution in [2.75, 3.05) is 0 Å². The first-order valence-corrected chi connectivity index (χ1v) is 4.83. The van der Waals surface area contributed by atoms with Crippen LogP contribution in [-0.4, -0.2) is 11.7 Å². The fourth-order valence-corrected chi connectivity index (χ4v) is 1.09. The third kappa shape index (κ3) is 3.96. The lowest BCUT2D eigenvalue weighted by Crippen LogP contribution is -2.15. The van der Waals surface area contributed by atoms with Gasteiger partial charge in [-0.25, -0.2) is 4.79 Å². The third-order valence-corrected chi connectivity index (χ3v) is 1.80. The summed E-state index contributed by atoms with van der Waals surface area (Å²) in [7, 11) is 0. The van der Waals surface area contributed by atoms with Crippen molar-refractivity contribution < 1.29 is 9.53 Å². The molecule has 0 fully saturated rings. The Morgan fingerprint density at radius 1 is 1.44 bits per heavy atom. The number of carbonyl (C=O) groups is 1. The van der Waals surface area contributed by atoms with E-state index in [1.165, 1.54) is 6.08 Å². The molecule has 4 heteroatoms. The largest absolute Gasteiger partial charge is 0.456 e. The number of ether oxygens (including phenoxy) is 1. The Morgan fingerprint density at radius 3 is 2.62 bits per heavy atom. The van der Waals surface area contributed by atoms with Gasteiger partial charge in [0, 0.05) is 5.70 Å². The van der Waals surface area contributed by atoms with Gasteiger partial charge < -0.3 is 10.5 Å². The third-order valence-electron chi connectivity index (χ3n) is 1.80. The Balaban J connectivity index is 2.48. The first kappa shape index (κ1) is 12.0. The molecule has 0 radical (unpaired) electrons. The first-order valence-electron chi connectivity index (χ1n) is 4.83. The van der Waals surface area contributed by atoms with Gasteiger partial charge in [0.05, 0.1) is 0 Å². The summed E-state index contributed by atoms with van der Waals surface area (Å²) in [4.78, 5) is 11.3. The van der Waals surface area contributed by atoms with Gasteiger partial charge in [-0.15, -0.1) is 0 Å². The summed E-state index contributed by atoms with van der Waals surface area (Å²) < 4.78 is 4.93. The minimum absolute atomic E-state index is 0.166. The van der Waals surface area contributed by atoms with Gasteiger partial charge in [-0.05, 0) is 18.6 Å². The first-order chi connectivity index (χ1) is 7.59. The number of rotatable bonds is 4. The van der Waals surface area contributed by atoms with E-state index < -0.39 is 5.97 Å². The van der Waals surface area contributed by atoms with Crippen molar-refractivity contribution in [3.05, 3.63) is 47.7 Å². The summed E-state index contributed by atoms with van der Waals surface area (Å²) >= 11 is 0. The Morgan fingerprint density at radius 2 is 2.06 bits per heavy atom. The van der Waals surface area contributed by atoms with Crippen molar-refractivity contribution in [3.8, 4) is 0 Å². The van der Waals surface area contributed by atoms with Crippen molar-refractivity contribution in [1.29, 1.82) is 5.41 Å². The van der Waals surface area contributed by atoms with E-state index in [1.54, 1.807) is 6.92 Å². The molecule has 0 unspecified atom stereocenters. The average Bonchev–Trinajstić information content (AvgIpc) is 2.26. The predicted octanol–water partition coefficient (Wildman–Crippen LogP) is 1.61. The SMILES string of the molecule is CC(N)=CC(=N)C(=O)OCc1ccccc1. The number of esters is 1. The van der Waals surface area contributed by atoms with Crippen LogP contribution in [0.15, 0.2) is 42.1 Å². The van der Waals surface area contributed by atoms with Crippen LogP contribution in [0.25, 0.3) is 0 Å². The molecule has 0 aromatic heterocycles. The average molecular weight is 218 g/mol. The summed E-state index contributed by atoms with van der Waals surface area (Å²) in [6.45, 7) is 1.78. The topological polar surface area (TPSA) is 76.2 Å². The molecule has 0 aliphatic rings. The molecule has 0 aliphatic carbocycles. The van der Waals surface area contributed by atoms with Crippen LogP contribution in [0.3, 0.4) is 0 Å². The summed E-state index contributed by atoms with van der Waals surface area (Å²) in [6.07, 6.45) is 1.27. The van der Waals surface area contributed by atoms with Crippen LogP contribution in [0.4, 0.5) is 0 Å². The fourth-order valence-electron chi connectivity index (χ4n) is 1.09. The number of benzene rings is 1. The molecule has 0 amide bonds. The molecular formula is C12H14N2O2. The molecule has 4 nitrogen and oxygen atoms in total. The molecule has 0 spiro atoms. The van der Waals surface area contributed by atoms with Gasteiger partial charge in [-0.1, -0.05) is 30.3 Å². The zero-order valence-electron chi connectivity index (χ0n) is 9.07. The van der Waals surface area contributed by atoms with Gasteiger partial charge in [0.2, 0.25) is 0 Å². The molecule has 84 valence electrons. The molecule has 0 heterocycles. The molecule has 0 aliphatic heterocycles. The highest BCUT2D eigenvalue weighted by atomic mass is 16.5. The molecule has 1 aromatic rings. The Bertz CT molecular complexity index is 406. The normalized spacial score (nSPS) is 10.9. The van der Waals surface area contributed by atoms with Crippen LogP contribution in [0, 0.1) is 5.41 Å². The maximum absolute atomic E-state index is 11.3. The van der Waals surface area contributed by atoms with Gasteiger partial charge >= 0.3 is 5.97 Å². The second-order valence-corrected chi connectivity index (χ2v) is 3.36. The summed E-state index contributed by atoms with van der Waals surface area (Å²) in [5.74, 6) is -0.673. The predicted molar refractivity (Wildman–Crippen MR) is 61.9 cm³/mol. The van der Waals surface area contributed by atoms with Crippen molar-refractivity contribution in [2.45, 2.75) is 13.5 Å². The zero-order valence-corrected chi connectivity index (χ0v) is 9.07. The Kier molecular flexibility index (Phi) is 4.27. The van der Waals surface area contributed by atoms with E-state index in [1.807, 2.05) is 30.3 Å². The zero-order chi connectivity index (χ0) is 12.0. The maximum atomic E-state index is 11.3. The maximum Gasteiger partial charge on any atom is 0.356 e. The van der Waals surface area contributed by atoms with E-state index in [9.17, 15) is 4.79 Å². The second kappa shape index (κ2) is 5.70. The minimum Gasteiger partial charge on any atom is -0.456 e. The van der Waals surface area contributed by atoms with Crippen molar-refractivity contribution >= 4 is 11.7 Å². The van der Waals surface area contributed by atoms with Crippen LogP contribution in [-0.2, 0) is 16.1 Å². The van der Waals surface area contributed by atoms with Crippen LogP contribution >= 0.6 is 0 Å². The van der Waals surface area contributed by atoms with Gasteiger partial charge in [0.25, 0.3) is 0 Å². The van der Waals surface area contributed by atoms with E-state index in [-0.39, 0.29) is 12.3 Å². The Labute approximate surface area is 94.2 Å². The number of nitrogens with two attached hydrogens (primary N) is 1. The number of hydrogen-bond donors (Lipinski definition) is 2. The van der Waals surface area contributed by atoms with Crippen LogP contribution in [0.1, 0.15) is 12.5 Å². The molecule has 1 aromatic carbocycles. The summed E-state index contributed by atoms with van der Waals surface area (Å²) in [6, 6.07) is 9.30. The lowest BCUT2D eigenvalue weighted by atomic mass is 10.2. The van der Waals surface area contributed by atoms with Gasteiger partial charge in [0.1, 0.15) is 12.3 Å². The smallest absolute Gasteiger partial charge is 0.356 e. The van der Waals surface area contributed by atoms with E-state index in [0.717, 1.165) is 5.56 Å². The molecule has 1 rings (SSSR count). The molecule has 0 bridgehead atoms. The summed E-state index contributed by atoms with van der Waals surface area (Å²) in [5, 5.41) is 7.36. The Hall–Kier alpha value is -2.10. The van der Waals surface area contributed by atoms with Gasteiger partial charge in [-0.3, -0.25) is 5.41 Å². The second-order valence-electron chi connectivity index (χ2n) is 3.36. The van der Waals surface area contributed by atoms with Gasteiger partial charge in [-0.2, -0.15) is 0 Å². The number of allylic oxidation sites excluding steroid dienone is 1. The van der Waals surface area contributed by atoms with E-state index in [0.29, 0.717) is 5.70 Å². The number of nitrogens with one attached hydrogen (secondary N) is 1. The fraction of sp³-hybridized carbons (Fsp3) is 0.167. The highest BCUT2D eigenvalue weighted by Crippen LogP contribution is 2.01. The lowest BCUT2D eigenvalue weighted by molar-refractivity contribution is -0.136. The standard InChI is InChI=1S/C12H14N2O2/c1-9(13)7-11(14)12(15)16-8-10-5-3-2-4-6-10/h2-7,14H,8,13H2,1H3. The van der Waals surface area contributed by atoms with E-state index in [4.69, 9.17) is 15.9 Å². The molecule has 0 atom stereocenters. The van der Waals surface area contributed by atoms with Crippen LogP contribution in [0.2, 0.25) is 0 Å². The minimum atomic E-state index is -0.673. The number of hydrogen-bond acceptors (Lipinski definition) is 4. The molecule has 3 N–H and O–H groups in total. The molecule has 0 saturated carbocycles. The summed E-state index contributed by atoms with van der Waals surface area (Å²) in [5.41, 5.74) is 6.40. The molecule has 0 saturated heterocycles. The van der Waals surface area contributed by atoms with E-state index >= 15 is 0 Å². The number of carbonyl (C=O) groups excluding carboxylic acids is 1. The monoisotopic (exact) mass is 218 g/mol. The quantitative estimate of drug-likeness (QED) is 0.595. The van der Waals surface area contributed by atoms with Gasteiger partial charge in [0.15, 0.2) is 0 Å².